The number of nitrogens with zero attached hydrogens (tertiary/aromatic N) is 1. The molecule has 1 nitrogen and oxygen atoms in total. The number of anilines is 3. The molecule has 0 heterocycles. The lowest BCUT2D eigenvalue weighted by atomic mass is 9.79. The number of rotatable bonds is 6. The molecule has 1 heteroatoms. The summed E-state index contributed by atoms with van der Waals surface area (Å²) in [5, 5.41) is 2.51. The maximum atomic E-state index is 2.45. The van der Waals surface area contributed by atoms with Gasteiger partial charge in [-0.15, -0.1) is 0 Å². The minimum absolute atomic E-state index is 0.371. The van der Waals surface area contributed by atoms with E-state index in [-0.39, 0.29) is 0 Å². The molecular formula is C48H35N. The van der Waals surface area contributed by atoms with Crippen LogP contribution in [0.1, 0.15) is 23.5 Å². The monoisotopic (exact) mass is 625 g/mol. The molecule has 2 aliphatic rings. The number of hydrogen-bond donors (Lipinski definition) is 0. The standard InChI is InChI=1S/C48H35N/c1-3-11-34(12-4-1)42-26-30-48(47(32-42)37-14-5-2-6-15-37)49(44-29-25-39-21-20-38-16-9-10-18-45(38)46(39)33-44)43-27-23-36(24-28-43)41-22-19-35-13-7-8-17-40(35)31-41/h1-17,19-33,45H,18H2. The third-order valence-corrected chi connectivity index (χ3v) is 10.00. The Hall–Kier alpha value is -6.18. The van der Waals surface area contributed by atoms with Crippen LogP contribution in [0.15, 0.2) is 194 Å². The Kier molecular flexibility index (Phi) is 7.37. The lowest BCUT2D eigenvalue weighted by molar-refractivity contribution is 0.810. The Bertz CT molecular complexity index is 2400. The van der Waals surface area contributed by atoms with Crippen LogP contribution in [0.5, 0.6) is 0 Å². The summed E-state index contributed by atoms with van der Waals surface area (Å²) < 4.78 is 0. The molecule has 232 valence electrons. The molecule has 0 amide bonds. The lowest BCUT2D eigenvalue weighted by Crippen LogP contribution is -2.14. The summed E-state index contributed by atoms with van der Waals surface area (Å²) >= 11 is 0. The molecule has 1 atom stereocenters. The fourth-order valence-corrected chi connectivity index (χ4v) is 7.45. The second kappa shape index (κ2) is 12.4. The third kappa shape index (κ3) is 5.50. The highest BCUT2D eigenvalue weighted by Crippen LogP contribution is 2.46. The van der Waals surface area contributed by atoms with Crippen molar-refractivity contribution in [2.24, 2.45) is 0 Å². The van der Waals surface area contributed by atoms with Gasteiger partial charge in [-0.2, -0.15) is 0 Å². The average Bonchev–Trinajstić information content (AvgIpc) is 3.19. The highest BCUT2D eigenvalue weighted by molar-refractivity contribution is 5.92. The average molecular weight is 626 g/mol. The Labute approximate surface area is 288 Å². The van der Waals surface area contributed by atoms with E-state index in [0.717, 1.165) is 23.5 Å². The first-order valence-corrected chi connectivity index (χ1v) is 17.1. The Morgan fingerprint density at radius 1 is 0.469 bits per heavy atom. The third-order valence-electron chi connectivity index (χ3n) is 10.00. The van der Waals surface area contributed by atoms with Gasteiger partial charge in [-0.3, -0.25) is 0 Å². The molecule has 0 radical (unpaired) electrons. The number of benzene rings is 7. The van der Waals surface area contributed by atoms with Crippen molar-refractivity contribution in [1.29, 1.82) is 0 Å². The topological polar surface area (TPSA) is 3.24 Å². The van der Waals surface area contributed by atoms with Crippen molar-refractivity contribution in [3.63, 3.8) is 0 Å². The molecule has 0 spiro atoms. The van der Waals surface area contributed by atoms with Crippen LogP contribution in [0.2, 0.25) is 0 Å². The molecule has 1 unspecified atom stereocenters. The van der Waals surface area contributed by atoms with Crippen LogP contribution in [0.25, 0.3) is 50.2 Å². The van der Waals surface area contributed by atoms with Gasteiger partial charge in [-0.1, -0.05) is 152 Å². The smallest absolute Gasteiger partial charge is 0.0540 e. The Morgan fingerprint density at radius 3 is 1.94 bits per heavy atom. The summed E-state index contributed by atoms with van der Waals surface area (Å²) in [6, 6.07) is 59.8. The molecule has 0 saturated carbocycles. The van der Waals surface area contributed by atoms with Crippen molar-refractivity contribution in [2.75, 3.05) is 4.90 Å². The summed E-state index contributed by atoms with van der Waals surface area (Å²) in [4.78, 5) is 2.45. The van der Waals surface area contributed by atoms with Crippen LogP contribution < -0.4 is 4.90 Å². The van der Waals surface area contributed by atoms with Gasteiger partial charge >= 0.3 is 0 Å². The zero-order chi connectivity index (χ0) is 32.6. The summed E-state index contributed by atoms with van der Waals surface area (Å²) in [5.41, 5.74) is 14.7. The van der Waals surface area contributed by atoms with Crippen LogP contribution in [0.3, 0.4) is 0 Å². The number of hydrogen-bond acceptors (Lipinski definition) is 1. The molecule has 7 aromatic carbocycles. The van der Waals surface area contributed by atoms with Crippen LogP contribution in [-0.2, 0) is 0 Å². The first-order chi connectivity index (χ1) is 24.3. The van der Waals surface area contributed by atoms with Crippen molar-refractivity contribution in [1.82, 2.24) is 0 Å². The summed E-state index contributed by atoms with van der Waals surface area (Å²) in [5.74, 6) is 0.371. The maximum Gasteiger partial charge on any atom is 0.0540 e. The Balaban J connectivity index is 1.22. The van der Waals surface area contributed by atoms with Gasteiger partial charge in [0, 0.05) is 22.9 Å². The normalized spacial score (nSPS) is 14.6. The van der Waals surface area contributed by atoms with Crippen molar-refractivity contribution >= 4 is 33.9 Å². The van der Waals surface area contributed by atoms with E-state index in [1.165, 1.54) is 60.9 Å². The quantitative estimate of drug-likeness (QED) is 0.178. The summed E-state index contributed by atoms with van der Waals surface area (Å²) in [6.07, 6.45) is 12.3. The molecular weight excluding hydrogens is 591 g/mol. The van der Waals surface area contributed by atoms with E-state index in [4.69, 9.17) is 0 Å². The van der Waals surface area contributed by atoms with Crippen molar-refractivity contribution in [3.8, 4) is 33.4 Å². The number of fused-ring (bicyclic) bond motifs is 4. The summed E-state index contributed by atoms with van der Waals surface area (Å²) in [6.45, 7) is 0. The van der Waals surface area contributed by atoms with E-state index in [1.807, 2.05) is 0 Å². The number of allylic oxidation sites excluding steroid dienone is 5. The second-order valence-electron chi connectivity index (χ2n) is 12.9. The van der Waals surface area contributed by atoms with Gasteiger partial charge in [0.05, 0.1) is 5.69 Å². The van der Waals surface area contributed by atoms with Crippen LogP contribution in [0, 0.1) is 0 Å². The maximum absolute atomic E-state index is 2.45. The zero-order valence-electron chi connectivity index (χ0n) is 27.2. The molecule has 2 aliphatic carbocycles. The largest absolute Gasteiger partial charge is 0.310 e. The van der Waals surface area contributed by atoms with Gasteiger partial charge in [0.2, 0.25) is 0 Å². The SMILES string of the molecule is C1=CCC2C(=C1)C=Cc1ccc(N(c3ccc(-c4ccc5ccccc5c4)cc3)c3ccc(-c4ccccc4)cc3-c3ccccc3)cc12. The van der Waals surface area contributed by atoms with E-state index < -0.39 is 0 Å². The van der Waals surface area contributed by atoms with E-state index in [9.17, 15) is 0 Å². The lowest BCUT2D eigenvalue weighted by Gasteiger charge is -2.31. The van der Waals surface area contributed by atoms with Crippen molar-refractivity contribution in [2.45, 2.75) is 12.3 Å². The molecule has 0 aromatic heterocycles. The Morgan fingerprint density at radius 2 is 1.12 bits per heavy atom. The van der Waals surface area contributed by atoms with Gasteiger partial charge in [-0.05, 0) is 104 Å². The predicted octanol–water partition coefficient (Wildman–Crippen LogP) is 13.3. The predicted molar refractivity (Wildman–Crippen MR) is 209 cm³/mol. The van der Waals surface area contributed by atoms with Crippen LogP contribution in [0.4, 0.5) is 17.1 Å². The minimum atomic E-state index is 0.371. The molecule has 49 heavy (non-hydrogen) atoms. The van der Waals surface area contributed by atoms with Gasteiger partial charge in [0.1, 0.15) is 0 Å². The van der Waals surface area contributed by atoms with Crippen LogP contribution >= 0.6 is 0 Å². The highest BCUT2D eigenvalue weighted by Gasteiger charge is 2.25. The molecule has 0 bridgehead atoms. The van der Waals surface area contributed by atoms with E-state index in [0.29, 0.717) is 5.92 Å². The van der Waals surface area contributed by atoms with Crippen LogP contribution in [-0.4, -0.2) is 0 Å². The molecule has 0 aliphatic heterocycles. The molecule has 0 N–H and O–H groups in total. The van der Waals surface area contributed by atoms with E-state index in [1.54, 1.807) is 0 Å². The molecule has 9 rings (SSSR count). The van der Waals surface area contributed by atoms with Gasteiger partial charge in [-0.25, -0.2) is 0 Å². The molecule has 0 fully saturated rings. The minimum Gasteiger partial charge on any atom is -0.310 e. The molecule has 7 aromatic rings. The van der Waals surface area contributed by atoms with Gasteiger partial charge in [0.15, 0.2) is 0 Å². The van der Waals surface area contributed by atoms with E-state index in [2.05, 4.69) is 199 Å². The van der Waals surface area contributed by atoms with Crippen molar-refractivity contribution in [3.05, 3.63) is 205 Å². The highest BCUT2D eigenvalue weighted by atomic mass is 15.1. The first-order valence-electron chi connectivity index (χ1n) is 17.1. The fourth-order valence-electron chi connectivity index (χ4n) is 7.45. The van der Waals surface area contributed by atoms with E-state index >= 15 is 0 Å². The van der Waals surface area contributed by atoms with Crippen molar-refractivity contribution < 1.29 is 0 Å². The molecule has 0 saturated heterocycles. The van der Waals surface area contributed by atoms with Gasteiger partial charge in [0.25, 0.3) is 0 Å². The second-order valence-corrected chi connectivity index (χ2v) is 12.9. The first kappa shape index (κ1) is 29.0. The summed E-state index contributed by atoms with van der Waals surface area (Å²) in [7, 11) is 0. The fraction of sp³-hybridized carbons (Fsp3) is 0.0417. The van der Waals surface area contributed by atoms with Gasteiger partial charge < -0.3 is 4.90 Å². The zero-order valence-corrected chi connectivity index (χ0v) is 27.2.